The van der Waals surface area contributed by atoms with Crippen LogP contribution in [-0.2, 0) is 0 Å². The highest BCUT2D eigenvalue weighted by Gasteiger charge is 2.10. The molecule has 0 amide bonds. The van der Waals surface area contributed by atoms with E-state index >= 15 is 0 Å². The Bertz CT molecular complexity index is 291. The van der Waals surface area contributed by atoms with Crippen LogP contribution in [0, 0.1) is 6.92 Å². The molecular formula is C13H23N3. The molecule has 0 saturated carbocycles. The van der Waals surface area contributed by atoms with Gasteiger partial charge in [0, 0.05) is 24.8 Å². The molecule has 0 bridgehead atoms. The van der Waals surface area contributed by atoms with E-state index in [1.165, 1.54) is 25.7 Å². The van der Waals surface area contributed by atoms with Gasteiger partial charge in [0.05, 0.1) is 0 Å². The first-order chi connectivity index (χ1) is 7.86. The van der Waals surface area contributed by atoms with Crippen LogP contribution in [0.3, 0.4) is 0 Å². The quantitative estimate of drug-likeness (QED) is 0.729. The average molecular weight is 221 g/mol. The van der Waals surface area contributed by atoms with E-state index in [9.17, 15) is 0 Å². The van der Waals surface area contributed by atoms with Crippen LogP contribution in [0.15, 0.2) is 12.4 Å². The van der Waals surface area contributed by atoms with Crippen molar-refractivity contribution in [3.8, 4) is 0 Å². The van der Waals surface area contributed by atoms with E-state index in [2.05, 4.69) is 20.9 Å². The normalized spacial score (nSPS) is 16.1. The highest BCUT2D eigenvalue weighted by atomic mass is 15.2. The molecule has 3 heteroatoms. The predicted octanol–water partition coefficient (Wildman–Crippen LogP) is 3.19. The number of anilines is 1. The molecule has 0 atom stereocenters. The molecule has 0 radical (unpaired) electrons. The summed E-state index contributed by atoms with van der Waals surface area (Å²) in [4.78, 5) is 10.8. The lowest BCUT2D eigenvalue weighted by molar-refractivity contribution is 0.726. The third-order valence-electron chi connectivity index (χ3n) is 2.72. The first-order valence-electron chi connectivity index (χ1n) is 6.40. The van der Waals surface area contributed by atoms with E-state index in [-0.39, 0.29) is 0 Å². The van der Waals surface area contributed by atoms with Crippen molar-refractivity contribution in [1.82, 2.24) is 9.97 Å². The molecule has 3 nitrogen and oxygen atoms in total. The maximum atomic E-state index is 4.32. The lowest BCUT2D eigenvalue weighted by Crippen LogP contribution is -2.24. The zero-order valence-electron chi connectivity index (χ0n) is 10.7. The molecule has 2 rings (SSSR count). The van der Waals surface area contributed by atoms with Crippen LogP contribution < -0.4 is 4.90 Å². The van der Waals surface area contributed by atoms with Gasteiger partial charge in [-0.3, -0.25) is 0 Å². The topological polar surface area (TPSA) is 29.0 Å². The van der Waals surface area contributed by atoms with Crippen LogP contribution in [0.1, 0.15) is 45.2 Å². The highest BCUT2D eigenvalue weighted by Crippen LogP contribution is 2.16. The van der Waals surface area contributed by atoms with Crippen molar-refractivity contribution in [1.29, 1.82) is 0 Å². The second kappa shape index (κ2) is 7.20. The van der Waals surface area contributed by atoms with E-state index < -0.39 is 0 Å². The summed E-state index contributed by atoms with van der Waals surface area (Å²) in [5.41, 5.74) is 1.05. The van der Waals surface area contributed by atoms with Crippen molar-refractivity contribution >= 4 is 5.82 Å². The Kier molecular flexibility index (Phi) is 5.83. The summed E-state index contributed by atoms with van der Waals surface area (Å²) in [6.07, 6.45) is 6.97. The average Bonchev–Trinajstić information content (AvgIpc) is 2.60. The van der Waals surface area contributed by atoms with Gasteiger partial charge in [-0.05, 0) is 19.8 Å². The van der Waals surface area contributed by atoms with Gasteiger partial charge < -0.3 is 4.90 Å². The number of rotatable bonds is 1. The second-order valence-electron chi connectivity index (χ2n) is 3.92. The Morgan fingerprint density at radius 3 is 2.19 bits per heavy atom. The van der Waals surface area contributed by atoms with Gasteiger partial charge in [0.15, 0.2) is 0 Å². The van der Waals surface area contributed by atoms with Gasteiger partial charge in [0.1, 0.15) is 12.1 Å². The van der Waals surface area contributed by atoms with Crippen LogP contribution in [0.2, 0.25) is 0 Å². The highest BCUT2D eigenvalue weighted by molar-refractivity contribution is 5.38. The summed E-state index contributed by atoms with van der Waals surface area (Å²) in [5.74, 6) is 1.10. The van der Waals surface area contributed by atoms with Gasteiger partial charge in [0.25, 0.3) is 0 Å². The molecule has 0 unspecified atom stereocenters. The van der Waals surface area contributed by atoms with E-state index in [4.69, 9.17) is 0 Å². The van der Waals surface area contributed by atoms with Crippen LogP contribution in [0.4, 0.5) is 5.82 Å². The number of aryl methyl sites for hydroxylation is 1. The lowest BCUT2D eigenvalue weighted by atomic mass is 10.2. The molecule has 1 aliphatic rings. The Morgan fingerprint density at radius 1 is 1.00 bits per heavy atom. The molecule has 1 fully saturated rings. The molecule has 0 N–H and O–H groups in total. The van der Waals surface area contributed by atoms with E-state index in [1.54, 1.807) is 6.33 Å². The van der Waals surface area contributed by atoms with Gasteiger partial charge in [-0.25, -0.2) is 9.97 Å². The molecule has 1 aromatic heterocycles. The minimum absolute atomic E-state index is 1.05. The van der Waals surface area contributed by atoms with Crippen LogP contribution in [-0.4, -0.2) is 23.1 Å². The summed E-state index contributed by atoms with van der Waals surface area (Å²) in [6.45, 7) is 8.32. The van der Waals surface area contributed by atoms with Crippen LogP contribution >= 0.6 is 0 Å². The molecular weight excluding hydrogens is 198 g/mol. The van der Waals surface area contributed by atoms with Crippen molar-refractivity contribution in [3.05, 3.63) is 18.1 Å². The Hall–Kier alpha value is -1.12. The fourth-order valence-electron chi connectivity index (χ4n) is 1.91. The number of aromatic nitrogens is 2. The second-order valence-corrected chi connectivity index (χ2v) is 3.92. The third-order valence-corrected chi connectivity index (χ3v) is 2.72. The van der Waals surface area contributed by atoms with Crippen molar-refractivity contribution < 1.29 is 0 Å². The molecule has 1 aromatic rings. The fraction of sp³-hybridized carbons (Fsp3) is 0.692. The smallest absolute Gasteiger partial charge is 0.132 e. The standard InChI is InChI=1S/C11H17N3.C2H6/c1-10-8-11(13-9-12-10)14-6-4-2-3-5-7-14;1-2/h8-9H,2-7H2,1H3;1-2H3. The van der Waals surface area contributed by atoms with E-state index in [0.29, 0.717) is 0 Å². The number of hydrogen-bond acceptors (Lipinski definition) is 3. The maximum absolute atomic E-state index is 4.32. The molecule has 2 heterocycles. The first kappa shape index (κ1) is 12.9. The Balaban J connectivity index is 0.000000606. The van der Waals surface area contributed by atoms with E-state index in [0.717, 1.165) is 24.6 Å². The van der Waals surface area contributed by atoms with Gasteiger partial charge in [-0.1, -0.05) is 26.7 Å². The number of nitrogens with zero attached hydrogens (tertiary/aromatic N) is 3. The molecule has 0 aliphatic carbocycles. The van der Waals surface area contributed by atoms with Crippen molar-refractivity contribution in [2.75, 3.05) is 18.0 Å². The molecule has 0 spiro atoms. The summed E-state index contributed by atoms with van der Waals surface area (Å²) in [7, 11) is 0. The minimum Gasteiger partial charge on any atom is -0.357 e. The first-order valence-corrected chi connectivity index (χ1v) is 6.40. The summed E-state index contributed by atoms with van der Waals surface area (Å²) >= 11 is 0. The Morgan fingerprint density at radius 2 is 1.62 bits per heavy atom. The minimum atomic E-state index is 1.05. The monoisotopic (exact) mass is 221 g/mol. The molecule has 16 heavy (non-hydrogen) atoms. The summed E-state index contributed by atoms with van der Waals surface area (Å²) in [5, 5.41) is 0. The van der Waals surface area contributed by atoms with Gasteiger partial charge in [0.2, 0.25) is 0 Å². The van der Waals surface area contributed by atoms with Gasteiger partial charge in [-0.15, -0.1) is 0 Å². The molecule has 1 aliphatic heterocycles. The van der Waals surface area contributed by atoms with Gasteiger partial charge in [-0.2, -0.15) is 0 Å². The Labute approximate surface area is 98.9 Å². The largest absolute Gasteiger partial charge is 0.357 e. The summed E-state index contributed by atoms with van der Waals surface area (Å²) in [6, 6.07) is 2.07. The molecule has 0 aromatic carbocycles. The van der Waals surface area contributed by atoms with Crippen LogP contribution in [0.25, 0.3) is 0 Å². The van der Waals surface area contributed by atoms with Crippen molar-refractivity contribution in [2.24, 2.45) is 0 Å². The predicted molar refractivity (Wildman–Crippen MR) is 68.8 cm³/mol. The van der Waals surface area contributed by atoms with Crippen LogP contribution in [0.5, 0.6) is 0 Å². The third kappa shape index (κ3) is 3.80. The lowest BCUT2D eigenvalue weighted by Gasteiger charge is -2.21. The maximum Gasteiger partial charge on any atom is 0.132 e. The zero-order chi connectivity index (χ0) is 11.8. The summed E-state index contributed by atoms with van der Waals surface area (Å²) < 4.78 is 0. The van der Waals surface area contributed by atoms with Crippen molar-refractivity contribution in [2.45, 2.75) is 46.5 Å². The number of hydrogen-bond donors (Lipinski definition) is 0. The SMILES string of the molecule is CC.Cc1cc(N2CCCCCC2)ncn1. The fourth-order valence-corrected chi connectivity index (χ4v) is 1.91. The van der Waals surface area contributed by atoms with E-state index in [1.807, 2.05) is 20.8 Å². The van der Waals surface area contributed by atoms with Crippen molar-refractivity contribution in [3.63, 3.8) is 0 Å². The van der Waals surface area contributed by atoms with Gasteiger partial charge >= 0.3 is 0 Å². The molecule has 90 valence electrons. The molecule has 1 saturated heterocycles. The zero-order valence-corrected chi connectivity index (χ0v) is 10.7.